The maximum absolute atomic E-state index is 9.77. The molecular weight excluding hydrogens is 190 g/mol. The molecule has 15 heavy (non-hydrogen) atoms. The normalized spacial score (nSPS) is 12.7. The minimum atomic E-state index is -0.617. The van der Waals surface area contributed by atoms with Crippen LogP contribution in [0.1, 0.15) is 28.5 Å². The van der Waals surface area contributed by atoms with E-state index in [1.165, 1.54) is 0 Å². The predicted octanol–water partition coefficient (Wildman–Crippen LogP) is 1.83. The summed E-state index contributed by atoms with van der Waals surface area (Å²) >= 11 is 0. The van der Waals surface area contributed by atoms with Gasteiger partial charge in [-0.15, -0.1) is 0 Å². The number of aryl methyl sites for hydroxylation is 1. The first-order valence-electron chi connectivity index (χ1n) is 5.03. The zero-order chi connectivity index (χ0) is 11.6. The van der Waals surface area contributed by atoms with Crippen molar-refractivity contribution in [3.8, 4) is 5.75 Å². The topological polar surface area (TPSA) is 41.5 Å². The summed E-state index contributed by atoms with van der Waals surface area (Å²) in [6.07, 6.45) is -0.617. The van der Waals surface area contributed by atoms with Gasteiger partial charge in [-0.2, -0.15) is 0 Å². The Morgan fingerprint density at radius 3 is 2.33 bits per heavy atom. The fraction of sp³-hybridized carbons (Fsp3) is 0.500. The van der Waals surface area contributed by atoms with Crippen molar-refractivity contribution < 1.29 is 9.84 Å². The average molecular weight is 209 g/mol. The lowest BCUT2D eigenvalue weighted by Crippen LogP contribution is -2.17. The van der Waals surface area contributed by atoms with E-state index in [0.29, 0.717) is 0 Å². The number of rotatable bonds is 3. The molecule has 0 spiro atoms. The molecule has 2 N–H and O–H groups in total. The summed E-state index contributed by atoms with van der Waals surface area (Å²) in [5.41, 5.74) is 4.11. The van der Waals surface area contributed by atoms with Gasteiger partial charge in [0.05, 0.1) is 7.11 Å². The maximum atomic E-state index is 9.77. The van der Waals surface area contributed by atoms with Gasteiger partial charge in [0.1, 0.15) is 12.0 Å². The first kappa shape index (κ1) is 12.0. The lowest BCUT2D eigenvalue weighted by atomic mass is 9.97. The standard InChI is InChI=1S/C12H19NO2/c1-7-6-10(12(14)13-4)8(2)9(3)11(7)15-5/h6,12-14H,1-5H3. The van der Waals surface area contributed by atoms with E-state index in [4.69, 9.17) is 4.74 Å². The van der Waals surface area contributed by atoms with Gasteiger partial charge >= 0.3 is 0 Å². The summed E-state index contributed by atoms with van der Waals surface area (Å²) in [4.78, 5) is 0. The monoisotopic (exact) mass is 209 g/mol. The van der Waals surface area contributed by atoms with Crippen LogP contribution in [-0.2, 0) is 0 Å². The summed E-state index contributed by atoms with van der Waals surface area (Å²) < 4.78 is 5.32. The highest BCUT2D eigenvalue weighted by Gasteiger charge is 2.14. The van der Waals surface area contributed by atoms with Gasteiger partial charge in [-0.1, -0.05) is 0 Å². The van der Waals surface area contributed by atoms with Crippen molar-refractivity contribution >= 4 is 0 Å². The lowest BCUT2D eigenvalue weighted by molar-refractivity contribution is 0.148. The van der Waals surface area contributed by atoms with Crippen LogP contribution in [-0.4, -0.2) is 19.3 Å². The smallest absolute Gasteiger partial charge is 0.131 e. The molecule has 0 aliphatic carbocycles. The molecule has 0 aliphatic heterocycles. The molecule has 0 saturated carbocycles. The van der Waals surface area contributed by atoms with E-state index >= 15 is 0 Å². The third kappa shape index (κ3) is 2.13. The highest BCUT2D eigenvalue weighted by molar-refractivity contribution is 5.49. The quantitative estimate of drug-likeness (QED) is 0.746. The largest absolute Gasteiger partial charge is 0.496 e. The molecule has 1 atom stereocenters. The van der Waals surface area contributed by atoms with Crippen molar-refractivity contribution in [2.24, 2.45) is 0 Å². The third-order valence-corrected chi connectivity index (χ3v) is 2.84. The first-order chi connectivity index (χ1) is 7.02. The van der Waals surface area contributed by atoms with Crippen molar-refractivity contribution in [1.82, 2.24) is 5.32 Å². The number of aliphatic hydroxyl groups excluding tert-OH is 1. The number of methoxy groups -OCH3 is 1. The number of nitrogens with one attached hydrogen (secondary N) is 1. The van der Waals surface area contributed by atoms with Crippen molar-refractivity contribution in [2.45, 2.75) is 27.0 Å². The van der Waals surface area contributed by atoms with Crippen LogP contribution in [0, 0.1) is 20.8 Å². The minimum absolute atomic E-state index is 0.617. The average Bonchev–Trinajstić information content (AvgIpc) is 2.23. The second-order valence-corrected chi connectivity index (χ2v) is 3.76. The van der Waals surface area contributed by atoms with Crippen LogP contribution in [0.4, 0.5) is 0 Å². The molecule has 3 nitrogen and oxygen atoms in total. The molecule has 0 fully saturated rings. The van der Waals surface area contributed by atoms with Gasteiger partial charge in [0.2, 0.25) is 0 Å². The molecule has 0 saturated heterocycles. The zero-order valence-corrected chi connectivity index (χ0v) is 10.0. The Morgan fingerprint density at radius 2 is 1.87 bits per heavy atom. The highest BCUT2D eigenvalue weighted by Crippen LogP contribution is 2.30. The van der Waals surface area contributed by atoms with Gasteiger partial charge in [0, 0.05) is 0 Å². The lowest BCUT2D eigenvalue weighted by Gasteiger charge is -2.18. The fourth-order valence-corrected chi connectivity index (χ4v) is 1.84. The molecule has 0 amide bonds. The molecule has 84 valence electrons. The van der Waals surface area contributed by atoms with Gasteiger partial charge in [0.25, 0.3) is 0 Å². The molecule has 0 heterocycles. The Morgan fingerprint density at radius 1 is 1.27 bits per heavy atom. The summed E-state index contributed by atoms with van der Waals surface area (Å²) in [6, 6.07) is 1.96. The van der Waals surface area contributed by atoms with Crippen LogP contribution < -0.4 is 10.1 Å². The van der Waals surface area contributed by atoms with E-state index in [-0.39, 0.29) is 0 Å². The van der Waals surface area contributed by atoms with E-state index in [0.717, 1.165) is 28.0 Å². The van der Waals surface area contributed by atoms with Gasteiger partial charge in [-0.05, 0) is 56.1 Å². The van der Waals surface area contributed by atoms with Crippen LogP contribution in [0.5, 0.6) is 5.75 Å². The van der Waals surface area contributed by atoms with Crippen LogP contribution in [0.15, 0.2) is 6.07 Å². The first-order valence-corrected chi connectivity index (χ1v) is 5.03. The third-order valence-electron chi connectivity index (χ3n) is 2.84. The van der Waals surface area contributed by atoms with Crippen molar-refractivity contribution in [3.05, 3.63) is 28.3 Å². The Labute approximate surface area is 91.1 Å². The van der Waals surface area contributed by atoms with Gasteiger partial charge in [-0.3, -0.25) is 5.32 Å². The van der Waals surface area contributed by atoms with Crippen molar-refractivity contribution in [2.75, 3.05) is 14.2 Å². The molecule has 1 aromatic carbocycles. The van der Waals surface area contributed by atoms with Crippen LogP contribution in [0.3, 0.4) is 0 Å². The molecule has 1 rings (SSSR count). The predicted molar refractivity (Wildman–Crippen MR) is 61.2 cm³/mol. The number of benzene rings is 1. The van der Waals surface area contributed by atoms with E-state index in [2.05, 4.69) is 5.32 Å². The maximum Gasteiger partial charge on any atom is 0.131 e. The van der Waals surface area contributed by atoms with E-state index in [9.17, 15) is 5.11 Å². The van der Waals surface area contributed by atoms with Gasteiger partial charge in [0.15, 0.2) is 0 Å². The number of hydrogen-bond donors (Lipinski definition) is 2. The molecule has 1 unspecified atom stereocenters. The van der Waals surface area contributed by atoms with Crippen molar-refractivity contribution in [1.29, 1.82) is 0 Å². The summed E-state index contributed by atoms with van der Waals surface area (Å²) in [5, 5.41) is 12.6. The molecule has 0 aliphatic rings. The van der Waals surface area contributed by atoms with Crippen LogP contribution in [0.25, 0.3) is 0 Å². The fourth-order valence-electron chi connectivity index (χ4n) is 1.84. The second kappa shape index (κ2) is 4.64. The van der Waals surface area contributed by atoms with E-state index < -0.39 is 6.23 Å². The highest BCUT2D eigenvalue weighted by atomic mass is 16.5. The Balaban J connectivity index is 3.33. The van der Waals surface area contributed by atoms with Crippen molar-refractivity contribution in [3.63, 3.8) is 0 Å². The number of ether oxygens (including phenoxy) is 1. The summed E-state index contributed by atoms with van der Waals surface area (Å²) in [5.74, 6) is 0.902. The second-order valence-electron chi connectivity index (χ2n) is 3.76. The molecule has 0 radical (unpaired) electrons. The van der Waals surface area contributed by atoms with Crippen LogP contribution >= 0.6 is 0 Å². The molecule has 1 aromatic rings. The van der Waals surface area contributed by atoms with Crippen LogP contribution in [0.2, 0.25) is 0 Å². The van der Waals surface area contributed by atoms with Gasteiger partial charge in [-0.25, -0.2) is 0 Å². The zero-order valence-electron chi connectivity index (χ0n) is 10.0. The number of aliphatic hydroxyl groups is 1. The Bertz CT molecular complexity index is 361. The SMILES string of the molecule is CNC(O)c1cc(C)c(OC)c(C)c1C. The minimum Gasteiger partial charge on any atom is -0.496 e. The Hall–Kier alpha value is -1.06. The molecular formula is C12H19NO2. The van der Waals surface area contributed by atoms with Gasteiger partial charge < -0.3 is 9.84 Å². The molecule has 0 aromatic heterocycles. The Kier molecular flexibility index (Phi) is 3.72. The summed E-state index contributed by atoms with van der Waals surface area (Å²) in [6.45, 7) is 5.98. The van der Waals surface area contributed by atoms with E-state index in [1.54, 1.807) is 14.2 Å². The molecule has 3 heteroatoms. The molecule has 0 bridgehead atoms. The summed E-state index contributed by atoms with van der Waals surface area (Å²) in [7, 11) is 3.40. The number of hydrogen-bond acceptors (Lipinski definition) is 3. The van der Waals surface area contributed by atoms with E-state index in [1.807, 2.05) is 26.8 Å².